The molecule has 0 radical (unpaired) electrons. The largest absolute Gasteiger partial charge is 0.365 e. The highest BCUT2D eigenvalue weighted by Gasteiger charge is 2.48. The minimum absolute atomic E-state index is 0.0311. The molecule has 1 saturated heterocycles. The Kier molecular flexibility index (Phi) is 5.01. The molecule has 5 heteroatoms. The minimum atomic E-state index is -0.420. The molecule has 4 atom stereocenters. The molecule has 1 rings (SSSR count). The second-order valence-electron chi connectivity index (χ2n) is 4.20. The van der Waals surface area contributed by atoms with Crippen LogP contribution in [0.3, 0.4) is 0 Å². The van der Waals surface area contributed by atoms with E-state index in [2.05, 4.69) is 31.9 Å². The van der Waals surface area contributed by atoms with Gasteiger partial charge in [-0.1, -0.05) is 31.9 Å². The fraction of sp³-hybridized carbons (Fsp3) is 0.800. The number of hydrogen-bond acceptors (Lipinski definition) is 1. The third-order valence-corrected chi connectivity index (χ3v) is 5.31. The summed E-state index contributed by atoms with van der Waals surface area (Å²) >= 11 is 19.0. The van der Waals surface area contributed by atoms with Crippen molar-refractivity contribution in [1.82, 2.24) is 0 Å². The van der Waals surface area contributed by atoms with Crippen LogP contribution >= 0.6 is 55.1 Å². The lowest BCUT2D eigenvalue weighted by atomic mass is 9.99. The monoisotopic (exact) mass is 378 g/mol. The van der Waals surface area contributed by atoms with Crippen LogP contribution in [0.25, 0.3) is 0 Å². The molecule has 0 aromatic carbocycles. The Balaban J connectivity index is 2.80. The number of rotatable bonds is 3. The van der Waals surface area contributed by atoms with E-state index in [1.807, 2.05) is 19.9 Å². The van der Waals surface area contributed by atoms with Crippen LogP contribution in [-0.4, -0.2) is 27.3 Å². The Morgan fingerprint density at radius 2 is 2.27 bits per heavy atom. The average molecular weight is 381 g/mol. The van der Waals surface area contributed by atoms with E-state index in [9.17, 15) is 0 Å². The maximum Gasteiger partial charge on any atom is 0.101 e. The van der Waals surface area contributed by atoms with E-state index in [0.717, 1.165) is 6.42 Å². The van der Waals surface area contributed by atoms with Crippen LogP contribution in [0.2, 0.25) is 0 Å². The first-order valence-electron chi connectivity index (χ1n) is 4.70. The van der Waals surface area contributed by atoms with Gasteiger partial charge in [0.25, 0.3) is 0 Å². The summed E-state index contributed by atoms with van der Waals surface area (Å²) < 4.78 is 5.75. The van der Waals surface area contributed by atoms with Crippen molar-refractivity contribution in [2.75, 3.05) is 5.88 Å². The van der Waals surface area contributed by atoms with Crippen LogP contribution in [-0.2, 0) is 4.74 Å². The lowest BCUT2D eigenvalue weighted by Crippen LogP contribution is -2.37. The second-order valence-corrected chi connectivity index (χ2v) is 7.33. The Hall–Kier alpha value is 1.24. The summed E-state index contributed by atoms with van der Waals surface area (Å²) in [6.45, 7) is 4.01. The summed E-state index contributed by atoms with van der Waals surface area (Å²) in [6, 6.07) is 0. The second kappa shape index (κ2) is 5.26. The topological polar surface area (TPSA) is 9.23 Å². The molecule has 88 valence electrons. The van der Waals surface area contributed by atoms with E-state index < -0.39 is 5.60 Å². The van der Waals surface area contributed by atoms with Gasteiger partial charge in [0.2, 0.25) is 0 Å². The van der Waals surface area contributed by atoms with Gasteiger partial charge in [-0.05, 0) is 31.3 Å². The molecule has 0 unspecified atom stereocenters. The quantitative estimate of drug-likeness (QED) is 0.657. The van der Waals surface area contributed by atoms with Gasteiger partial charge in [-0.15, -0.1) is 23.2 Å². The van der Waals surface area contributed by atoms with Crippen molar-refractivity contribution < 1.29 is 4.74 Å². The summed E-state index contributed by atoms with van der Waals surface area (Å²) in [4.78, 5) is 1.79. The molecule has 1 heterocycles. The van der Waals surface area contributed by atoms with E-state index in [1.165, 1.54) is 0 Å². The Morgan fingerprint density at radius 1 is 1.67 bits per heavy atom. The maximum atomic E-state index is 6.29. The first-order valence-corrected chi connectivity index (χ1v) is 7.38. The number of ether oxygens (including phenoxy) is 1. The highest BCUT2D eigenvalue weighted by Crippen LogP contribution is 2.43. The van der Waals surface area contributed by atoms with E-state index in [4.69, 9.17) is 27.9 Å². The molecular formula is C10H14Br2Cl2O. The van der Waals surface area contributed by atoms with Gasteiger partial charge in [-0.2, -0.15) is 0 Å². The van der Waals surface area contributed by atoms with E-state index >= 15 is 0 Å². The highest BCUT2D eigenvalue weighted by molar-refractivity contribution is 9.11. The van der Waals surface area contributed by atoms with Gasteiger partial charge in [0.1, 0.15) is 5.60 Å². The molecule has 0 aromatic heterocycles. The van der Waals surface area contributed by atoms with E-state index in [0.29, 0.717) is 5.88 Å². The van der Waals surface area contributed by atoms with Crippen LogP contribution in [0.1, 0.15) is 20.3 Å². The smallest absolute Gasteiger partial charge is 0.101 e. The van der Waals surface area contributed by atoms with Crippen molar-refractivity contribution in [2.24, 2.45) is 0 Å². The number of alkyl halides is 3. The summed E-state index contributed by atoms with van der Waals surface area (Å²) in [5.74, 6) is 0.495. The van der Waals surface area contributed by atoms with Crippen LogP contribution in [0.5, 0.6) is 0 Å². The first-order chi connectivity index (χ1) is 6.85. The zero-order valence-corrected chi connectivity index (χ0v) is 13.3. The Bertz CT molecular complexity index is 258. The van der Waals surface area contributed by atoms with Gasteiger partial charge in [-0.25, -0.2) is 0 Å². The zero-order chi connectivity index (χ0) is 11.7. The average Bonchev–Trinajstić information content (AvgIpc) is 2.45. The SMILES string of the molecule is C[C@@](Br)(CCl)[C@@H]1C[C@H](Cl)[C@](C)(/C=C/Br)O1. The molecule has 0 aromatic rings. The molecule has 1 fully saturated rings. The van der Waals surface area contributed by atoms with Gasteiger partial charge in [0.05, 0.1) is 15.8 Å². The third-order valence-electron chi connectivity index (χ3n) is 2.77. The van der Waals surface area contributed by atoms with Crippen molar-refractivity contribution in [2.45, 2.75) is 41.7 Å². The number of hydrogen-bond donors (Lipinski definition) is 0. The predicted molar refractivity (Wildman–Crippen MR) is 73.7 cm³/mol. The molecule has 0 aliphatic carbocycles. The lowest BCUT2D eigenvalue weighted by Gasteiger charge is -2.29. The molecule has 1 nitrogen and oxygen atoms in total. The summed E-state index contributed by atoms with van der Waals surface area (Å²) in [5, 5.41) is -0.0311. The van der Waals surface area contributed by atoms with Crippen molar-refractivity contribution in [3.8, 4) is 0 Å². The van der Waals surface area contributed by atoms with Crippen molar-refractivity contribution in [3.63, 3.8) is 0 Å². The van der Waals surface area contributed by atoms with Crippen LogP contribution in [0.4, 0.5) is 0 Å². The highest BCUT2D eigenvalue weighted by atomic mass is 79.9. The summed E-state index contributed by atoms with van der Waals surface area (Å²) in [5.41, 5.74) is -0.420. The molecule has 0 amide bonds. The minimum Gasteiger partial charge on any atom is -0.365 e. The van der Waals surface area contributed by atoms with Crippen LogP contribution in [0.15, 0.2) is 11.1 Å². The van der Waals surface area contributed by atoms with Gasteiger partial charge in [0, 0.05) is 5.88 Å². The molecule has 0 bridgehead atoms. The molecule has 1 aliphatic heterocycles. The first kappa shape index (κ1) is 14.3. The standard InChI is InChI=1S/C10H14Br2Cl2O/c1-9(12,6-13)8-5-7(14)10(2,15-8)3-4-11/h3-4,7-8H,5-6H2,1-2H3/b4-3+/t7-,8-,9+,10-/m0/s1. The Labute approximate surface area is 118 Å². The van der Waals surface area contributed by atoms with Crippen LogP contribution in [0, 0.1) is 0 Å². The summed E-state index contributed by atoms with van der Waals surface area (Å²) in [6.07, 6.45) is 2.76. The Morgan fingerprint density at radius 3 is 2.73 bits per heavy atom. The summed E-state index contributed by atoms with van der Waals surface area (Å²) in [7, 11) is 0. The molecule has 1 aliphatic rings. The molecule has 0 spiro atoms. The third kappa shape index (κ3) is 3.12. The predicted octanol–water partition coefficient (Wildman–Crippen LogP) is 4.44. The molecule has 0 N–H and O–H groups in total. The lowest BCUT2D eigenvalue weighted by molar-refractivity contribution is -0.00546. The van der Waals surface area contributed by atoms with E-state index in [1.54, 1.807) is 4.99 Å². The number of halogens is 4. The van der Waals surface area contributed by atoms with Gasteiger partial charge in [-0.3, -0.25) is 0 Å². The molecular weight excluding hydrogens is 367 g/mol. The zero-order valence-electron chi connectivity index (χ0n) is 8.64. The molecule has 0 saturated carbocycles. The van der Waals surface area contributed by atoms with Gasteiger partial charge >= 0.3 is 0 Å². The fourth-order valence-corrected chi connectivity index (χ4v) is 2.84. The molecule has 15 heavy (non-hydrogen) atoms. The van der Waals surface area contributed by atoms with Crippen molar-refractivity contribution in [3.05, 3.63) is 11.1 Å². The van der Waals surface area contributed by atoms with E-state index in [-0.39, 0.29) is 15.8 Å². The van der Waals surface area contributed by atoms with Gasteiger partial charge < -0.3 is 4.74 Å². The van der Waals surface area contributed by atoms with Crippen molar-refractivity contribution >= 4 is 55.1 Å². The van der Waals surface area contributed by atoms with Crippen LogP contribution < -0.4 is 0 Å². The normalized spacial score (nSPS) is 40.9. The maximum absolute atomic E-state index is 6.29. The van der Waals surface area contributed by atoms with Gasteiger partial charge in [0.15, 0.2) is 0 Å². The fourth-order valence-electron chi connectivity index (χ4n) is 1.57. The van der Waals surface area contributed by atoms with Crippen molar-refractivity contribution in [1.29, 1.82) is 0 Å².